The van der Waals surface area contributed by atoms with Gasteiger partial charge in [-0.05, 0) is 38.0 Å². The number of hydrogen-bond acceptors (Lipinski definition) is 4. The Balaban J connectivity index is 1.58. The monoisotopic (exact) mass is 295 g/mol. The number of nitrogens with zero attached hydrogens (tertiary/aromatic N) is 2. The predicted molar refractivity (Wildman–Crippen MR) is 83.1 cm³/mol. The maximum atomic E-state index is 5.99. The average Bonchev–Trinajstić information content (AvgIpc) is 3.14. The molecule has 5 heteroatoms. The summed E-state index contributed by atoms with van der Waals surface area (Å²) in [5.41, 5.74) is 1.25. The number of aromatic nitrogens is 2. The molecule has 2 aliphatic rings. The SMILES string of the molecule is CCn1nccc1[C@@H]1OCC[C@H]1CN[C@@H]1CCCSC1. The maximum Gasteiger partial charge on any atom is 0.103 e. The molecular formula is C15H25N3OS. The molecule has 0 saturated carbocycles. The smallest absolute Gasteiger partial charge is 0.103 e. The van der Waals surface area contributed by atoms with E-state index in [0.717, 1.165) is 26.1 Å². The molecule has 0 spiro atoms. The molecule has 1 aromatic rings. The van der Waals surface area contributed by atoms with Gasteiger partial charge in [0.1, 0.15) is 6.10 Å². The van der Waals surface area contributed by atoms with Crippen LogP contribution in [0, 0.1) is 5.92 Å². The first-order chi connectivity index (χ1) is 9.88. The van der Waals surface area contributed by atoms with Crippen LogP contribution >= 0.6 is 11.8 Å². The lowest BCUT2D eigenvalue weighted by Gasteiger charge is -2.26. The number of ether oxygens (including phenoxy) is 1. The Bertz CT molecular complexity index is 417. The lowest BCUT2D eigenvalue weighted by atomic mass is 9.98. The zero-order valence-electron chi connectivity index (χ0n) is 12.3. The summed E-state index contributed by atoms with van der Waals surface area (Å²) in [6, 6.07) is 2.81. The third-order valence-electron chi connectivity index (χ3n) is 4.38. The van der Waals surface area contributed by atoms with Gasteiger partial charge >= 0.3 is 0 Å². The fraction of sp³-hybridized carbons (Fsp3) is 0.800. The van der Waals surface area contributed by atoms with E-state index in [1.165, 1.54) is 30.0 Å². The normalized spacial score (nSPS) is 30.8. The summed E-state index contributed by atoms with van der Waals surface area (Å²) < 4.78 is 8.06. The van der Waals surface area contributed by atoms with Crippen LogP contribution in [0.5, 0.6) is 0 Å². The van der Waals surface area contributed by atoms with Crippen LogP contribution in [0.4, 0.5) is 0 Å². The molecule has 0 unspecified atom stereocenters. The van der Waals surface area contributed by atoms with Crippen molar-refractivity contribution >= 4 is 11.8 Å². The number of rotatable bonds is 5. The Labute approximate surface area is 125 Å². The second kappa shape index (κ2) is 6.96. The van der Waals surface area contributed by atoms with Gasteiger partial charge in [-0.15, -0.1) is 0 Å². The quantitative estimate of drug-likeness (QED) is 0.906. The van der Waals surface area contributed by atoms with Crippen LogP contribution in [-0.4, -0.2) is 40.5 Å². The highest BCUT2D eigenvalue weighted by Crippen LogP contribution is 2.34. The van der Waals surface area contributed by atoms with Gasteiger partial charge in [0.2, 0.25) is 0 Å². The zero-order chi connectivity index (χ0) is 13.8. The molecule has 0 bridgehead atoms. The molecule has 0 aliphatic carbocycles. The molecule has 0 amide bonds. The van der Waals surface area contributed by atoms with E-state index in [4.69, 9.17) is 4.74 Å². The molecule has 4 nitrogen and oxygen atoms in total. The van der Waals surface area contributed by atoms with Crippen LogP contribution in [-0.2, 0) is 11.3 Å². The first-order valence-electron chi connectivity index (χ1n) is 7.83. The molecule has 2 aliphatic heterocycles. The van der Waals surface area contributed by atoms with Crippen LogP contribution in [0.1, 0.15) is 38.0 Å². The molecule has 0 aromatic carbocycles. The van der Waals surface area contributed by atoms with Gasteiger partial charge in [-0.3, -0.25) is 4.68 Å². The van der Waals surface area contributed by atoms with Gasteiger partial charge in [-0.25, -0.2) is 0 Å². The number of nitrogens with one attached hydrogen (secondary N) is 1. The first kappa shape index (κ1) is 14.4. The highest BCUT2D eigenvalue weighted by molar-refractivity contribution is 7.99. The molecule has 2 fully saturated rings. The minimum absolute atomic E-state index is 0.223. The summed E-state index contributed by atoms with van der Waals surface area (Å²) in [6.07, 6.45) is 5.96. The lowest BCUT2D eigenvalue weighted by molar-refractivity contribution is 0.0824. The first-order valence-corrected chi connectivity index (χ1v) is 8.98. The third-order valence-corrected chi connectivity index (χ3v) is 5.60. The van der Waals surface area contributed by atoms with E-state index in [-0.39, 0.29) is 6.10 Å². The van der Waals surface area contributed by atoms with Gasteiger partial charge in [0.05, 0.1) is 5.69 Å². The van der Waals surface area contributed by atoms with Crippen molar-refractivity contribution in [3.63, 3.8) is 0 Å². The van der Waals surface area contributed by atoms with E-state index in [0.29, 0.717) is 12.0 Å². The molecule has 112 valence electrons. The fourth-order valence-electron chi connectivity index (χ4n) is 3.24. The average molecular weight is 295 g/mol. The summed E-state index contributed by atoms with van der Waals surface area (Å²) in [4.78, 5) is 0. The van der Waals surface area contributed by atoms with Gasteiger partial charge in [0.15, 0.2) is 0 Å². The molecule has 3 atom stereocenters. The topological polar surface area (TPSA) is 39.1 Å². The van der Waals surface area contributed by atoms with Crippen molar-refractivity contribution in [2.75, 3.05) is 24.7 Å². The zero-order valence-corrected chi connectivity index (χ0v) is 13.1. The van der Waals surface area contributed by atoms with Crippen molar-refractivity contribution in [1.82, 2.24) is 15.1 Å². The van der Waals surface area contributed by atoms with Crippen molar-refractivity contribution in [3.05, 3.63) is 18.0 Å². The van der Waals surface area contributed by atoms with Crippen molar-refractivity contribution in [2.24, 2.45) is 5.92 Å². The van der Waals surface area contributed by atoms with Gasteiger partial charge in [-0.1, -0.05) is 0 Å². The second-order valence-corrected chi connectivity index (χ2v) is 6.88. The van der Waals surface area contributed by atoms with E-state index >= 15 is 0 Å². The van der Waals surface area contributed by atoms with E-state index in [9.17, 15) is 0 Å². The minimum atomic E-state index is 0.223. The summed E-state index contributed by atoms with van der Waals surface area (Å²) >= 11 is 2.08. The molecule has 3 rings (SSSR count). The minimum Gasteiger partial charge on any atom is -0.372 e. The van der Waals surface area contributed by atoms with Gasteiger partial charge in [0, 0.05) is 43.6 Å². The molecule has 0 radical (unpaired) electrons. The largest absolute Gasteiger partial charge is 0.372 e. The van der Waals surface area contributed by atoms with E-state index in [1.54, 1.807) is 0 Å². The van der Waals surface area contributed by atoms with E-state index < -0.39 is 0 Å². The van der Waals surface area contributed by atoms with Crippen LogP contribution in [0.15, 0.2) is 12.3 Å². The third kappa shape index (κ3) is 3.21. The van der Waals surface area contributed by atoms with E-state index in [2.05, 4.69) is 39.8 Å². The fourth-order valence-corrected chi connectivity index (χ4v) is 4.34. The van der Waals surface area contributed by atoms with Crippen molar-refractivity contribution in [2.45, 2.75) is 44.9 Å². The number of thioether (sulfide) groups is 1. The molecular weight excluding hydrogens is 270 g/mol. The van der Waals surface area contributed by atoms with Crippen LogP contribution in [0.25, 0.3) is 0 Å². The van der Waals surface area contributed by atoms with Crippen LogP contribution in [0.2, 0.25) is 0 Å². The van der Waals surface area contributed by atoms with Crippen LogP contribution in [0.3, 0.4) is 0 Å². The van der Waals surface area contributed by atoms with Crippen molar-refractivity contribution in [1.29, 1.82) is 0 Å². The molecule has 2 saturated heterocycles. The Morgan fingerprint density at radius 3 is 3.25 bits per heavy atom. The molecule has 1 aromatic heterocycles. The Morgan fingerprint density at radius 2 is 2.45 bits per heavy atom. The van der Waals surface area contributed by atoms with Gasteiger partial charge < -0.3 is 10.1 Å². The number of hydrogen-bond donors (Lipinski definition) is 1. The Hall–Kier alpha value is -0.520. The highest BCUT2D eigenvalue weighted by atomic mass is 32.2. The highest BCUT2D eigenvalue weighted by Gasteiger charge is 2.32. The molecule has 3 heterocycles. The second-order valence-electron chi connectivity index (χ2n) is 5.73. The van der Waals surface area contributed by atoms with Gasteiger partial charge in [0.25, 0.3) is 0 Å². The standard InChI is InChI=1S/C15H25N3OS/c1-2-18-14(5-7-17-18)15-12(6-8-19-15)10-16-13-4-3-9-20-11-13/h5,7,12-13,15-16H,2-4,6,8-11H2,1H3/t12-,13+,15+/m0/s1. The molecule has 1 N–H and O–H groups in total. The van der Waals surface area contributed by atoms with Crippen molar-refractivity contribution in [3.8, 4) is 0 Å². The molecule has 20 heavy (non-hydrogen) atoms. The Morgan fingerprint density at radius 1 is 1.50 bits per heavy atom. The van der Waals surface area contributed by atoms with E-state index in [1.807, 2.05) is 6.20 Å². The van der Waals surface area contributed by atoms with Crippen molar-refractivity contribution < 1.29 is 4.74 Å². The summed E-state index contributed by atoms with van der Waals surface area (Å²) in [6.45, 7) is 5.01. The summed E-state index contributed by atoms with van der Waals surface area (Å²) in [5, 5.41) is 8.14. The lowest BCUT2D eigenvalue weighted by Crippen LogP contribution is -2.37. The predicted octanol–water partition coefficient (Wildman–Crippen LogP) is 2.47. The number of aryl methyl sites for hydroxylation is 1. The van der Waals surface area contributed by atoms with Gasteiger partial charge in [-0.2, -0.15) is 16.9 Å². The maximum absolute atomic E-state index is 5.99. The summed E-state index contributed by atoms with van der Waals surface area (Å²) in [7, 11) is 0. The Kier molecular flexibility index (Phi) is 5.02. The summed E-state index contributed by atoms with van der Waals surface area (Å²) in [5.74, 6) is 3.19. The van der Waals surface area contributed by atoms with Crippen LogP contribution < -0.4 is 5.32 Å².